The molecule has 0 aromatic rings. The Balaban J connectivity index is 0.000000810. The maximum Gasteiger partial charge on any atom is 0.277 e. The van der Waals surface area contributed by atoms with Crippen LogP contribution in [0.5, 0.6) is 0 Å². The minimum atomic E-state index is 0. The van der Waals surface area contributed by atoms with Crippen LogP contribution in [-0.2, 0) is 0 Å². The zero-order valence-corrected chi connectivity index (χ0v) is 6.88. The Morgan fingerprint density at radius 1 is 1.50 bits per heavy atom. The number of halogens is 1. The van der Waals surface area contributed by atoms with Gasteiger partial charge < -0.3 is 12.4 Å². The molecule has 0 atom stereocenters. The second kappa shape index (κ2) is 5.30. The molecule has 2 nitrogen and oxygen atoms in total. The van der Waals surface area contributed by atoms with Crippen molar-refractivity contribution < 1.29 is 12.4 Å². The summed E-state index contributed by atoms with van der Waals surface area (Å²) >= 11 is 0. The molecule has 0 saturated heterocycles. The van der Waals surface area contributed by atoms with Gasteiger partial charge in [-0.05, 0) is 6.42 Å². The number of hydrazone groups is 1. The second-order valence-electron chi connectivity index (χ2n) is 2.12. The van der Waals surface area contributed by atoms with Gasteiger partial charge >= 0.3 is 0 Å². The smallest absolute Gasteiger partial charge is 0.277 e. The van der Waals surface area contributed by atoms with Crippen LogP contribution in [0, 0.1) is 0 Å². The van der Waals surface area contributed by atoms with Crippen molar-refractivity contribution in [2.75, 3.05) is 6.54 Å². The van der Waals surface area contributed by atoms with Gasteiger partial charge in [0.2, 0.25) is 0 Å². The summed E-state index contributed by atoms with van der Waals surface area (Å²) in [5, 5.41) is 6.03. The number of hydrogen-bond acceptors (Lipinski definition) is 2. The summed E-state index contributed by atoms with van der Waals surface area (Å²) in [5.74, 6) is 0. The first-order valence-electron chi connectivity index (χ1n) is 3.41. The van der Waals surface area contributed by atoms with Gasteiger partial charge in [0.15, 0.2) is 5.10 Å². The van der Waals surface area contributed by atoms with E-state index in [2.05, 4.69) is 12.0 Å². The molecule has 0 N–H and O–H groups in total. The molecule has 1 aliphatic rings. The fraction of sp³-hybridized carbons (Fsp3) is 0.571. The Morgan fingerprint density at radius 3 is 2.80 bits per heavy atom. The second-order valence-corrected chi connectivity index (χ2v) is 2.12. The zero-order chi connectivity index (χ0) is 6.53. The molecular formula is C7H12ClN2. The van der Waals surface area contributed by atoms with Crippen molar-refractivity contribution in [2.45, 2.75) is 19.8 Å². The molecule has 0 saturated carbocycles. The lowest BCUT2D eigenvalue weighted by atomic mass is 10.3. The van der Waals surface area contributed by atoms with Gasteiger partial charge in [0.1, 0.15) is 0 Å². The van der Waals surface area contributed by atoms with Crippen LogP contribution in [0.15, 0.2) is 12.3 Å². The summed E-state index contributed by atoms with van der Waals surface area (Å²) in [4.78, 5) is 0. The predicted molar refractivity (Wildman–Crippen MR) is 39.0 cm³/mol. The van der Waals surface area contributed by atoms with E-state index in [4.69, 9.17) is 0 Å². The van der Waals surface area contributed by atoms with Crippen LogP contribution in [0.25, 0.3) is 0 Å². The van der Waals surface area contributed by atoms with Gasteiger partial charge in [-0.3, -0.25) is 0 Å². The van der Waals surface area contributed by atoms with Gasteiger partial charge in [-0.1, -0.05) is 18.4 Å². The van der Waals surface area contributed by atoms with Crippen molar-refractivity contribution in [1.82, 2.24) is 10.1 Å². The summed E-state index contributed by atoms with van der Waals surface area (Å²) in [7, 11) is 0. The Kier molecular flexibility index (Phi) is 5.03. The van der Waals surface area contributed by atoms with Crippen LogP contribution in [0.4, 0.5) is 0 Å². The summed E-state index contributed by atoms with van der Waals surface area (Å²) < 4.78 is 0. The van der Waals surface area contributed by atoms with E-state index in [1.165, 1.54) is 12.8 Å². The van der Waals surface area contributed by atoms with E-state index < -0.39 is 0 Å². The third kappa shape index (κ3) is 2.87. The number of rotatable bonds is 3. The van der Waals surface area contributed by atoms with Crippen molar-refractivity contribution >= 4 is 6.21 Å². The molecule has 3 heteroatoms. The van der Waals surface area contributed by atoms with Crippen LogP contribution >= 0.6 is 0 Å². The molecule has 1 radical (unpaired) electrons. The van der Waals surface area contributed by atoms with E-state index in [0.717, 1.165) is 6.54 Å². The van der Waals surface area contributed by atoms with Crippen molar-refractivity contribution in [3.05, 3.63) is 12.3 Å². The van der Waals surface area contributed by atoms with E-state index in [9.17, 15) is 0 Å². The topological polar surface area (TPSA) is 17.3 Å². The molecule has 0 fully saturated rings. The van der Waals surface area contributed by atoms with E-state index in [-0.39, 0.29) is 12.4 Å². The molecule has 1 heterocycles. The molecule has 0 amide bonds. The van der Waals surface area contributed by atoms with Crippen molar-refractivity contribution in [2.24, 2.45) is 0 Å². The molecule has 1 aliphatic heterocycles. The normalized spacial score (nSPS) is 13.9. The average Bonchev–Trinajstić information content (AvgIpc) is 2.34. The predicted octanol–water partition coefficient (Wildman–Crippen LogP) is -2.06. The lowest BCUT2D eigenvalue weighted by Crippen LogP contribution is -3.00. The highest BCUT2D eigenvalue weighted by molar-refractivity contribution is 5.71. The molecule has 0 aliphatic carbocycles. The first kappa shape index (κ1) is 9.50. The van der Waals surface area contributed by atoms with Gasteiger partial charge in [-0.2, -0.15) is 0 Å². The van der Waals surface area contributed by atoms with Crippen molar-refractivity contribution in [3.8, 4) is 0 Å². The van der Waals surface area contributed by atoms with E-state index in [1.807, 2.05) is 23.5 Å². The van der Waals surface area contributed by atoms with Gasteiger partial charge in [0.05, 0.1) is 12.7 Å². The SMILES string of the molecule is CCCCN1C=CC=[N+]1.[Cl-]. The average molecular weight is 160 g/mol. The van der Waals surface area contributed by atoms with E-state index in [0.29, 0.717) is 0 Å². The number of nitrogens with zero attached hydrogens (tertiary/aromatic N) is 2. The lowest BCUT2D eigenvalue weighted by Gasteiger charge is -1.96. The number of unbranched alkanes of at least 4 members (excludes halogenated alkanes) is 1. The largest absolute Gasteiger partial charge is 1.00 e. The van der Waals surface area contributed by atoms with Crippen LogP contribution in [-0.4, -0.2) is 17.8 Å². The van der Waals surface area contributed by atoms with Crippen LogP contribution in [0.2, 0.25) is 0 Å². The molecular weight excluding hydrogens is 148 g/mol. The molecule has 0 aromatic carbocycles. The van der Waals surface area contributed by atoms with Crippen molar-refractivity contribution in [1.29, 1.82) is 0 Å². The van der Waals surface area contributed by atoms with E-state index >= 15 is 0 Å². The van der Waals surface area contributed by atoms with Crippen molar-refractivity contribution in [3.63, 3.8) is 0 Å². The maximum atomic E-state index is 4.07. The Hall–Kier alpha value is -0.500. The quantitative estimate of drug-likeness (QED) is 0.463. The van der Waals surface area contributed by atoms with Crippen LogP contribution < -0.4 is 17.5 Å². The van der Waals surface area contributed by atoms with E-state index in [1.54, 1.807) is 0 Å². The van der Waals surface area contributed by atoms with Gasteiger partial charge in [-0.15, -0.1) is 0 Å². The third-order valence-electron chi connectivity index (χ3n) is 1.30. The molecule has 0 unspecified atom stereocenters. The summed E-state index contributed by atoms with van der Waals surface area (Å²) in [6.07, 6.45) is 8.22. The highest BCUT2D eigenvalue weighted by Crippen LogP contribution is 1.93. The Labute approximate surface area is 68.0 Å². The van der Waals surface area contributed by atoms with Crippen LogP contribution in [0.3, 0.4) is 0 Å². The highest BCUT2D eigenvalue weighted by atomic mass is 35.5. The monoisotopic (exact) mass is 159 g/mol. The highest BCUT2D eigenvalue weighted by Gasteiger charge is 2.08. The molecule has 57 valence electrons. The number of allylic oxidation sites excluding steroid dienone is 1. The van der Waals surface area contributed by atoms with Gasteiger partial charge in [0.25, 0.3) is 6.21 Å². The van der Waals surface area contributed by atoms with Gasteiger partial charge in [-0.25, -0.2) is 0 Å². The minimum absolute atomic E-state index is 0. The Morgan fingerprint density at radius 2 is 2.30 bits per heavy atom. The maximum absolute atomic E-state index is 4.07. The number of hydrogen-bond donors (Lipinski definition) is 0. The molecule has 0 bridgehead atoms. The lowest BCUT2D eigenvalue weighted by molar-refractivity contribution is -0.00000199. The third-order valence-corrected chi connectivity index (χ3v) is 1.30. The molecule has 0 aromatic heterocycles. The van der Waals surface area contributed by atoms with Gasteiger partial charge in [0, 0.05) is 6.08 Å². The molecule has 10 heavy (non-hydrogen) atoms. The minimum Gasteiger partial charge on any atom is -1.00 e. The van der Waals surface area contributed by atoms with Crippen LogP contribution in [0.1, 0.15) is 19.8 Å². The summed E-state index contributed by atoms with van der Waals surface area (Å²) in [5.41, 5.74) is 0. The first-order valence-corrected chi connectivity index (χ1v) is 3.41. The standard InChI is InChI=1S/C7H12N2.ClH/c1-2-3-6-9-7-4-5-8-9;/h4-5,7H,2-3,6H2,1H3;1H/q+1;/p-1. The summed E-state index contributed by atoms with van der Waals surface area (Å²) in [6, 6.07) is 0. The fourth-order valence-electron chi connectivity index (χ4n) is 0.753. The summed E-state index contributed by atoms with van der Waals surface area (Å²) in [6.45, 7) is 3.24. The zero-order valence-electron chi connectivity index (χ0n) is 6.13. The molecule has 1 rings (SSSR count). The fourth-order valence-corrected chi connectivity index (χ4v) is 0.753. The first-order chi connectivity index (χ1) is 4.43. The molecule has 0 spiro atoms. The Bertz CT molecular complexity index is 120.